The Morgan fingerprint density at radius 1 is 1.25 bits per heavy atom. The Labute approximate surface area is 88.3 Å². The summed E-state index contributed by atoms with van der Waals surface area (Å²) in [5, 5.41) is 0. The molecule has 0 fully saturated rings. The molecule has 1 rings (SSSR count). The summed E-state index contributed by atoms with van der Waals surface area (Å²) in [4.78, 5) is 3.14. The van der Waals surface area contributed by atoms with Gasteiger partial charge >= 0.3 is 6.18 Å². The highest BCUT2D eigenvalue weighted by molar-refractivity contribution is 5.17. The minimum atomic E-state index is -4.52. The Hall–Kier alpha value is -1.24. The van der Waals surface area contributed by atoms with Crippen LogP contribution in [0.3, 0.4) is 0 Å². The molecule has 0 amide bonds. The van der Waals surface area contributed by atoms with Gasteiger partial charge < -0.3 is 5.73 Å². The zero-order valence-corrected chi connectivity index (χ0v) is 8.01. The highest BCUT2D eigenvalue weighted by atomic mass is 19.4. The maximum absolute atomic E-state index is 12.1. The SMILES string of the molecule is NC(Cc1ccc(C(F)(F)F)nc1)C(F)F. The number of pyridine rings is 1. The van der Waals surface area contributed by atoms with E-state index in [1.54, 1.807) is 0 Å². The minimum absolute atomic E-state index is 0.206. The second kappa shape index (κ2) is 4.73. The molecule has 0 aliphatic heterocycles. The summed E-state index contributed by atoms with van der Waals surface area (Å²) in [5.41, 5.74) is 4.27. The third kappa shape index (κ3) is 3.41. The van der Waals surface area contributed by atoms with Crippen molar-refractivity contribution in [1.29, 1.82) is 0 Å². The predicted octanol–water partition coefficient (Wildman–Crippen LogP) is 2.24. The molecule has 1 aromatic rings. The summed E-state index contributed by atoms with van der Waals surface area (Å²) < 4.78 is 60.4. The van der Waals surface area contributed by atoms with Gasteiger partial charge in [0.25, 0.3) is 6.43 Å². The molecule has 0 bridgehead atoms. The number of nitrogens with two attached hydrogens (primary N) is 1. The van der Waals surface area contributed by atoms with Crippen LogP contribution < -0.4 is 5.73 Å². The summed E-state index contributed by atoms with van der Waals surface area (Å²) in [5.74, 6) is 0. The average Bonchev–Trinajstić information content (AvgIpc) is 2.17. The number of hydrogen-bond donors (Lipinski definition) is 1. The molecule has 0 aliphatic rings. The largest absolute Gasteiger partial charge is 0.433 e. The van der Waals surface area contributed by atoms with Gasteiger partial charge in [-0.1, -0.05) is 6.07 Å². The fraction of sp³-hybridized carbons (Fsp3) is 0.444. The highest BCUT2D eigenvalue weighted by Crippen LogP contribution is 2.27. The molecule has 0 aliphatic carbocycles. The van der Waals surface area contributed by atoms with E-state index in [9.17, 15) is 22.0 Å². The number of alkyl halides is 5. The van der Waals surface area contributed by atoms with Gasteiger partial charge in [0.15, 0.2) is 0 Å². The van der Waals surface area contributed by atoms with Crippen LogP contribution >= 0.6 is 0 Å². The first kappa shape index (κ1) is 12.8. The van der Waals surface area contributed by atoms with Crippen LogP contribution in [0.5, 0.6) is 0 Å². The zero-order chi connectivity index (χ0) is 12.3. The normalized spacial score (nSPS) is 14.2. The van der Waals surface area contributed by atoms with E-state index in [2.05, 4.69) is 4.98 Å². The van der Waals surface area contributed by atoms with Gasteiger partial charge in [0.05, 0.1) is 6.04 Å². The quantitative estimate of drug-likeness (QED) is 0.823. The molecule has 7 heteroatoms. The second-order valence-corrected chi connectivity index (χ2v) is 3.25. The molecular weight excluding hydrogens is 231 g/mol. The van der Waals surface area contributed by atoms with E-state index in [0.717, 1.165) is 18.3 Å². The standard InChI is InChI=1S/C9H9F5N2/c10-8(11)6(15)3-5-1-2-7(16-4-5)9(12,13)14/h1-2,4,6,8H,3,15H2. The molecule has 2 nitrogen and oxygen atoms in total. The van der Waals surface area contributed by atoms with E-state index in [1.165, 1.54) is 0 Å². The Balaban J connectivity index is 2.72. The molecule has 1 aromatic heterocycles. The van der Waals surface area contributed by atoms with Crippen molar-refractivity contribution in [2.75, 3.05) is 0 Å². The highest BCUT2D eigenvalue weighted by Gasteiger charge is 2.32. The van der Waals surface area contributed by atoms with Crippen LogP contribution in [0.25, 0.3) is 0 Å². The molecular formula is C9H9F5N2. The Kier molecular flexibility index (Phi) is 3.79. The van der Waals surface area contributed by atoms with Crippen LogP contribution in [0.15, 0.2) is 18.3 Å². The predicted molar refractivity (Wildman–Crippen MR) is 46.9 cm³/mol. The average molecular weight is 240 g/mol. The fourth-order valence-electron chi connectivity index (χ4n) is 1.07. The first-order valence-corrected chi connectivity index (χ1v) is 4.36. The summed E-state index contributed by atoms with van der Waals surface area (Å²) in [7, 11) is 0. The maximum atomic E-state index is 12.1. The van der Waals surface area contributed by atoms with Gasteiger partial charge in [-0.3, -0.25) is 4.98 Å². The summed E-state index contributed by atoms with van der Waals surface area (Å²) in [6.07, 6.45) is -6.53. The number of aromatic nitrogens is 1. The van der Waals surface area contributed by atoms with Crippen molar-refractivity contribution < 1.29 is 22.0 Å². The monoisotopic (exact) mass is 240 g/mol. The van der Waals surface area contributed by atoms with Crippen molar-refractivity contribution in [3.63, 3.8) is 0 Å². The molecule has 2 N–H and O–H groups in total. The second-order valence-electron chi connectivity index (χ2n) is 3.25. The Morgan fingerprint density at radius 2 is 1.88 bits per heavy atom. The van der Waals surface area contributed by atoms with Gasteiger partial charge in [-0.25, -0.2) is 8.78 Å². The van der Waals surface area contributed by atoms with E-state index in [4.69, 9.17) is 5.73 Å². The van der Waals surface area contributed by atoms with Crippen molar-refractivity contribution in [2.45, 2.75) is 25.1 Å². The van der Waals surface area contributed by atoms with Gasteiger partial charge in [-0.2, -0.15) is 13.2 Å². The Bertz CT molecular complexity index is 333. The molecule has 1 unspecified atom stereocenters. The van der Waals surface area contributed by atoms with E-state index < -0.39 is 24.3 Å². The van der Waals surface area contributed by atoms with E-state index in [-0.39, 0.29) is 12.0 Å². The number of hydrogen-bond acceptors (Lipinski definition) is 2. The lowest BCUT2D eigenvalue weighted by molar-refractivity contribution is -0.141. The third-order valence-corrected chi connectivity index (χ3v) is 1.91. The van der Waals surface area contributed by atoms with Gasteiger partial charge in [0.2, 0.25) is 0 Å². The molecule has 0 radical (unpaired) electrons. The topological polar surface area (TPSA) is 38.9 Å². The number of halogens is 5. The van der Waals surface area contributed by atoms with Crippen molar-refractivity contribution in [3.05, 3.63) is 29.6 Å². The summed E-state index contributed by atoms with van der Waals surface area (Å²) >= 11 is 0. The van der Waals surface area contributed by atoms with Crippen molar-refractivity contribution in [2.24, 2.45) is 5.73 Å². The summed E-state index contributed by atoms with van der Waals surface area (Å²) in [6.45, 7) is 0. The van der Waals surface area contributed by atoms with Crippen molar-refractivity contribution >= 4 is 0 Å². The molecule has 0 aromatic carbocycles. The van der Waals surface area contributed by atoms with Gasteiger partial charge in [0.1, 0.15) is 5.69 Å². The molecule has 16 heavy (non-hydrogen) atoms. The lowest BCUT2D eigenvalue weighted by Crippen LogP contribution is -2.31. The van der Waals surface area contributed by atoms with Gasteiger partial charge in [-0.05, 0) is 18.1 Å². The van der Waals surface area contributed by atoms with E-state index in [1.807, 2.05) is 0 Å². The van der Waals surface area contributed by atoms with E-state index >= 15 is 0 Å². The van der Waals surface area contributed by atoms with Crippen LogP contribution in [-0.2, 0) is 12.6 Å². The molecule has 0 saturated carbocycles. The minimum Gasteiger partial charge on any atom is -0.323 e. The van der Waals surface area contributed by atoms with Crippen LogP contribution in [0.1, 0.15) is 11.3 Å². The molecule has 90 valence electrons. The lowest BCUT2D eigenvalue weighted by Gasteiger charge is -2.10. The van der Waals surface area contributed by atoms with Crippen LogP contribution in [0, 0.1) is 0 Å². The maximum Gasteiger partial charge on any atom is 0.433 e. The number of nitrogens with zero attached hydrogens (tertiary/aromatic N) is 1. The number of rotatable bonds is 3. The molecule has 0 saturated heterocycles. The first-order chi connectivity index (χ1) is 7.30. The molecule has 1 heterocycles. The van der Waals surface area contributed by atoms with Crippen LogP contribution in [-0.4, -0.2) is 17.5 Å². The Morgan fingerprint density at radius 3 is 2.25 bits per heavy atom. The lowest BCUT2D eigenvalue weighted by atomic mass is 10.1. The van der Waals surface area contributed by atoms with Crippen molar-refractivity contribution in [3.8, 4) is 0 Å². The zero-order valence-electron chi connectivity index (χ0n) is 8.01. The van der Waals surface area contributed by atoms with Crippen LogP contribution in [0.2, 0.25) is 0 Å². The first-order valence-electron chi connectivity index (χ1n) is 4.36. The molecule has 1 atom stereocenters. The third-order valence-electron chi connectivity index (χ3n) is 1.91. The summed E-state index contributed by atoms with van der Waals surface area (Å²) in [6, 6.07) is 0.449. The van der Waals surface area contributed by atoms with Crippen LogP contribution in [0.4, 0.5) is 22.0 Å². The van der Waals surface area contributed by atoms with E-state index in [0.29, 0.717) is 0 Å². The fourth-order valence-corrected chi connectivity index (χ4v) is 1.07. The van der Waals surface area contributed by atoms with Gasteiger partial charge in [-0.15, -0.1) is 0 Å². The smallest absolute Gasteiger partial charge is 0.323 e. The van der Waals surface area contributed by atoms with Crippen molar-refractivity contribution in [1.82, 2.24) is 4.98 Å². The van der Waals surface area contributed by atoms with Gasteiger partial charge in [0, 0.05) is 6.20 Å². The molecule has 0 spiro atoms.